The molecule has 1 fully saturated rings. The second-order valence-corrected chi connectivity index (χ2v) is 11.3. The van der Waals surface area contributed by atoms with Crippen LogP contribution in [0.15, 0.2) is 94.7 Å². The number of nitro benzene ring substituents is 1. The highest BCUT2D eigenvalue weighted by Crippen LogP contribution is 2.34. The minimum Gasteiger partial charge on any atom is -0.379 e. The van der Waals surface area contributed by atoms with Crippen LogP contribution in [-0.2, 0) is 11.3 Å². The Morgan fingerprint density at radius 1 is 1.02 bits per heavy atom. The van der Waals surface area contributed by atoms with E-state index in [0.717, 1.165) is 76.6 Å². The van der Waals surface area contributed by atoms with Crippen molar-refractivity contribution in [2.24, 2.45) is 0 Å². The summed E-state index contributed by atoms with van der Waals surface area (Å²) in [5, 5.41) is 16.8. The Hall–Kier alpha value is -3.92. The van der Waals surface area contributed by atoms with Crippen LogP contribution in [0, 0.1) is 17.0 Å². The Bertz CT molecular complexity index is 1500. The molecule has 0 radical (unpaired) electrons. The quantitative estimate of drug-likeness (QED) is 0.164. The van der Waals surface area contributed by atoms with E-state index >= 15 is 0 Å². The number of nitrogens with zero attached hydrogens (tertiary/aromatic N) is 3. The predicted molar refractivity (Wildman–Crippen MR) is 164 cm³/mol. The highest BCUT2D eigenvalue weighted by atomic mass is 32.2. The number of nitro groups is 1. The number of aryl methyl sites for hydroxylation is 1. The van der Waals surface area contributed by atoms with Gasteiger partial charge in [0.15, 0.2) is 0 Å². The first-order valence-corrected chi connectivity index (χ1v) is 14.6. The van der Waals surface area contributed by atoms with E-state index in [4.69, 9.17) is 4.74 Å². The summed E-state index contributed by atoms with van der Waals surface area (Å²) in [6, 6.07) is 26.6. The Morgan fingerprint density at radius 3 is 2.56 bits per heavy atom. The third-order valence-electron chi connectivity index (χ3n) is 7.19. The van der Waals surface area contributed by atoms with Crippen LogP contribution in [-0.4, -0.2) is 60.1 Å². The summed E-state index contributed by atoms with van der Waals surface area (Å²) in [5.41, 5.74) is 2.65. The molecule has 8 nitrogen and oxygen atoms in total. The van der Waals surface area contributed by atoms with Gasteiger partial charge in [0.2, 0.25) is 0 Å². The number of urea groups is 1. The summed E-state index contributed by atoms with van der Waals surface area (Å²) in [6.45, 7) is 6.84. The van der Waals surface area contributed by atoms with Crippen LogP contribution in [0.5, 0.6) is 0 Å². The van der Waals surface area contributed by atoms with Crippen molar-refractivity contribution in [2.75, 3.05) is 44.7 Å². The topological polar surface area (TPSA) is 88.0 Å². The summed E-state index contributed by atoms with van der Waals surface area (Å²) < 4.78 is 5.47. The van der Waals surface area contributed by atoms with E-state index < -0.39 is 0 Å². The number of non-ortho nitro benzene ring substituents is 1. The van der Waals surface area contributed by atoms with Crippen molar-refractivity contribution in [1.29, 1.82) is 0 Å². The molecule has 212 valence electrons. The summed E-state index contributed by atoms with van der Waals surface area (Å²) in [7, 11) is 0. The average molecular weight is 571 g/mol. The number of ether oxygens (including phenoxy) is 1. The van der Waals surface area contributed by atoms with Gasteiger partial charge in [0.1, 0.15) is 0 Å². The van der Waals surface area contributed by atoms with Crippen molar-refractivity contribution < 1.29 is 14.5 Å². The minimum absolute atomic E-state index is 0.0102. The number of carbonyl (C=O) groups is 1. The molecule has 0 aliphatic carbocycles. The minimum atomic E-state index is -0.386. The molecule has 0 bridgehead atoms. The number of hydrogen-bond donors (Lipinski definition) is 1. The third-order valence-corrected chi connectivity index (χ3v) is 8.32. The van der Waals surface area contributed by atoms with Crippen molar-refractivity contribution in [2.45, 2.75) is 29.7 Å². The molecule has 5 rings (SSSR count). The average Bonchev–Trinajstić information content (AvgIpc) is 2.99. The monoisotopic (exact) mass is 570 g/mol. The normalized spacial score (nSPS) is 13.7. The van der Waals surface area contributed by atoms with Gasteiger partial charge in [-0.3, -0.25) is 15.0 Å². The van der Waals surface area contributed by atoms with Gasteiger partial charge in [-0.25, -0.2) is 4.79 Å². The lowest BCUT2D eigenvalue weighted by atomic mass is 10.1. The zero-order chi connectivity index (χ0) is 28.6. The maximum absolute atomic E-state index is 13.8. The zero-order valence-electron chi connectivity index (χ0n) is 23.1. The second kappa shape index (κ2) is 13.6. The lowest BCUT2D eigenvalue weighted by Crippen LogP contribution is -2.40. The number of benzene rings is 4. The molecule has 1 aliphatic heterocycles. The second-order valence-electron chi connectivity index (χ2n) is 10.2. The first-order valence-electron chi connectivity index (χ1n) is 13.8. The van der Waals surface area contributed by atoms with Gasteiger partial charge < -0.3 is 15.0 Å². The van der Waals surface area contributed by atoms with Gasteiger partial charge in [-0.15, -0.1) is 0 Å². The molecule has 0 unspecified atom stereocenters. The van der Waals surface area contributed by atoms with Crippen LogP contribution in [0.3, 0.4) is 0 Å². The predicted octanol–water partition coefficient (Wildman–Crippen LogP) is 6.96. The molecule has 0 aromatic heterocycles. The molecular weight excluding hydrogens is 536 g/mol. The largest absolute Gasteiger partial charge is 0.379 e. The number of morpholine rings is 1. The Labute approximate surface area is 244 Å². The van der Waals surface area contributed by atoms with E-state index in [1.807, 2.05) is 73.7 Å². The molecule has 1 aliphatic rings. The van der Waals surface area contributed by atoms with Crippen molar-refractivity contribution >= 4 is 39.9 Å². The number of hydrogen-bond acceptors (Lipinski definition) is 6. The number of anilines is 1. The first kappa shape index (κ1) is 28.6. The maximum Gasteiger partial charge on any atom is 0.322 e. The Balaban J connectivity index is 1.41. The van der Waals surface area contributed by atoms with Crippen molar-refractivity contribution in [3.8, 4) is 0 Å². The van der Waals surface area contributed by atoms with Crippen molar-refractivity contribution in [1.82, 2.24) is 9.80 Å². The summed E-state index contributed by atoms with van der Waals surface area (Å²) in [4.78, 5) is 31.1. The third kappa shape index (κ3) is 7.64. The van der Waals surface area contributed by atoms with E-state index in [9.17, 15) is 14.9 Å². The molecule has 0 saturated carbocycles. The van der Waals surface area contributed by atoms with Crippen LogP contribution in [0.25, 0.3) is 10.8 Å². The fourth-order valence-electron chi connectivity index (χ4n) is 4.93. The van der Waals surface area contributed by atoms with E-state index in [2.05, 4.69) is 10.2 Å². The lowest BCUT2D eigenvalue weighted by molar-refractivity contribution is -0.385. The fourth-order valence-corrected chi connectivity index (χ4v) is 5.85. The summed E-state index contributed by atoms with van der Waals surface area (Å²) in [5.74, 6) is 0. The van der Waals surface area contributed by atoms with Crippen molar-refractivity contribution in [3.63, 3.8) is 0 Å². The van der Waals surface area contributed by atoms with E-state index in [-0.39, 0.29) is 23.2 Å². The van der Waals surface area contributed by atoms with Crippen LogP contribution in [0.1, 0.15) is 17.5 Å². The Morgan fingerprint density at radius 2 is 1.78 bits per heavy atom. The highest BCUT2D eigenvalue weighted by molar-refractivity contribution is 7.99. The van der Waals surface area contributed by atoms with E-state index in [1.54, 1.807) is 28.8 Å². The van der Waals surface area contributed by atoms with Crippen LogP contribution < -0.4 is 5.32 Å². The van der Waals surface area contributed by atoms with Crippen LogP contribution >= 0.6 is 11.8 Å². The SMILES string of the molecule is Cc1ccc(Sc2ccc([N+](=O)[O-])cc2CN(CCCN2CCOCC2)C(=O)Nc2cccc3ccccc23)cc1. The molecule has 1 heterocycles. The molecule has 0 spiro atoms. The first-order chi connectivity index (χ1) is 20.0. The van der Waals surface area contributed by atoms with Gasteiger partial charge in [-0.1, -0.05) is 65.9 Å². The van der Waals surface area contributed by atoms with Gasteiger partial charge in [-0.2, -0.15) is 0 Å². The smallest absolute Gasteiger partial charge is 0.322 e. The molecule has 2 amide bonds. The molecule has 1 saturated heterocycles. The maximum atomic E-state index is 13.8. The Kier molecular flexibility index (Phi) is 9.51. The van der Waals surface area contributed by atoms with Gasteiger partial charge >= 0.3 is 6.03 Å². The van der Waals surface area contributed by atoms with E-state index in [0.29, 0.717) is 6.54 Å². The summed E-state index contributed by atoms with van der Waals surface area (Å²) >= 11 is 1.55. The van der Waals surface area contributed by atoms with Crippen LogP contribution in [0.4, 0.5) is 16.2 Å². The van der Waals surface area contributed by atoms with Gasteiger partial charge in [-0.05, 0) is 48.6 Å². The van der Waals surface area contributed by atoms with Gasteiger partial charge in [0, 0.05) is 60.0 Å². The molecule has 9 heteroatoms. The zero-order valence-corrected chi connectivity index (χ0v) is 23.9. The highest BCUT2D eigenvalue weighted by Gasteiger charge is 2.20. The molecule has 1 N–H and O–H groups in total. The molecule has 4 aromatic rings. The number of rotatable bonds is 10. The van der Waals surface area contributed by atoms with Crippen LogP contribution in [0.2, 0.25) is 0 Å². The standard InChI is InChI=1S/C32H34N4O4S/c1-24-10-13-28(14-11-24)41-31-15-12-27(36(38)39)22-26(31)23-35(17-5-16-34-18-20-40-21-19-34)32(37)33-30-9-4-7-25-6-2-3-8-29(25)30/h2-4,6-15,22H,5,16-21,23H2,1H3,(H,33,37). The fraction of sp³-hybridized carbons (Fsp3) is 0.281. The molecular formula is C32H34N4O4S. The molecule has 41 heavy (non-hydrogen) atoms. The number of fused-ring (bicyclic) bond motifs is 1. The number of nitrogens with one attached hydrogen (secondary N) is 1. The van der Waals surface area contributed by atoms with E-state index in [1.165, 1.54) is 6.07 Å². The molecule has 4 aromatic carbocycles. The number of carbonyl (C=O) groups excluding carboxylic acids is 1. The van der Waals surface area contributed by atoms with Gasteiger partial charge in [0.25, 0.3) is 5.69 Å². The number of amides is 2. The van der Waals surface area contributed by atoms with Crippen molar-refractivity contribution in [3.05, 3.63) is 106 Å². The lowest BCUT2D eigenvalue weighted by Gasteiger charge is -2.29. The summed E-state index contributed by atoms with van der Waals surface area (Å²) in [6.07, 6.45) is 0.776. The molecule has 0 atom stereocenters. The van der Waals surface area contributed by atoms with Gasteiger partial charge in [0.05, 0.1) is 23.8 Å².